The highest BCUT2D eigenvalue weighted by molar-refractivity contribution is 7.92. The first-order valence-electron chi connectivity index (χ1n) is 10.5. The lowest BCUT2D eigenvalue weighted by atomic mass is 10.1. The predicted molar refractivity (Wildman–Crippen MR) is 127 cm³/mol. The van der Waals surface area contributed by atoms with Gasteiger partial charge in [0.05, 0.1) is 22.6 Å². The van der Waals surface area contributed by atoms with Gasteiger partial charge < -0.3 is 10.1 Å². The fourth-order valence-corrected chi connectivity index (χ4v) is 5.20. The fourth-order valence-electron chi connectivity index (χ4n) is 2.93. The lowest BCUT2D eigenvalue weighted by molar-refractivity contribution is -0.120. The number of benzene rings is 2. The zero-order valence-electron chi connectivity index (χ0n) is 19.2. The standard InChI is InChI=1S/C22H31N3O6S2/c1-17(2)12-14-23-22(26)13-15-24-32(27,28)19-10-11-21(31-4)20(16-19)25(3)33(29,30)18-8-6-5-7-9-18/h5-11,16-17,24H,12-15H2,1-4H3,(H,23,26). The third-order valence-electron chi connectivity index (χ3n) is 4.89. The van der Waals surface area contributed by atoms with E-state index in [1.165, 1.54) is 44.5 Å². The number of methoxy groups -OCH3 is 1. The largest absolute Gasteiger partial charge is 0.495 e. The average Bonchev–Trinajstić information content (AvgIpc) is 2.78. The van der Waals surface area contributed by atoms with Crippen LogP contribution in [0.4, 0.5) is 5.69 Å². The van der Waals surface area contributed by atoms with E-state index >= 15 is 0 Å². The Morgan fingerprint density at radius 3 is 2.27 bits per heavy atom. The Morgan fingerprint density at radius 1 is 1.00 bits per heavy atom. The number of ether oxygens (including phenoxy) is 1. The molecule has 2 rings (SSSR count). The molecule has 2 aromatic carbocycles. The lowest BCUT2D eigenvalue weighted by Gasteiger charge is -2.22. The summed E-state index contributed by atoms with van der Waals surface area (Å²) in [5.41, 5.74) is 0.0654. The maximum atomic E-state index is 13.0. The molecule has 0 aliphatic heterocycles. The van der Waals surface area contributed by atoms with E-state index in [0.29, 0.717) is 12.5 Å². The van der Waals surface area contributed by atoms with Crippen LogP contribution < -0.4 is 19.1 Å². The van der Waals surface area contributed by atoms with Crippen molar-refractivity contribution >= 4 is 31.6 Å². The van der Waals surface area contributed by atoms with Crippen molar-refractivity contribution in [3.05, 3.63) is 48.5 Å². The van der Waals surface area contributed by atoms with Crippen molar-refractivity contribution in [2.24, 2.45) is 5.92 Å². The van der Waals surface area contributed by atoms with Crippen molar-refractivity contribution < 1.29 is 26.4 Å². The van der Waals surface area contributed by atoms with E-state index in [9.17, 15) is 21.6 Å². The minimum absolute atomic E-state index is 0.0113. The van der Waals surface area contributed by atoms with Crippen LogP contribution in [0.15, 0.2) is 58.3 Å². The molecule has 11 heteroatoms. The predicted octanol–water partition coefficient (Wildman–Crippen LogP) is 2.35. The van der Waals surface area contributed by atoms with E-state index in [1.807, 2.05) is 13.8 Å². The van der Waals surface area contributed by atoms with Crippen molar-refractivity contribution in [3.63, 3.8) is 0 Å². The Morgan fingerprint density at radius 2 is 1.67 bits per heavy atom. The van der Waals surface area contributed by atoms with Crippen molar-refractivity contribution in [1.29, 1.82) is 0 Å². The van der Waals surface area contributed by atoms with Crippen molar-refractivity contribution in [1.82, 2.24) is 10.0 Å². The van der Waals surface area contributed by atoms with Gasteiger partial charge in [-0.1, -0.05) is 32.0 Å². The Balaban J connectivity index is 2.18. The third kappa shape index (κ3) is 7.18. The summed E-state index contributed by atoms with van der Waals surface area (Å²) in [5.74, 6) is 0.403. The Labute approximate surface area is 196 Å². The van der Waals surface area contributed by atoms with E-state index in [-0.39, 0.29) is 40.1 Å². The van der Waals surface area contributed by atoms with Gasteiger partial charge >= 0.3 is 0 Å². The van der Waals surface area contributed by atoms with E-state index in [0.717, 1.165) is 10.7 Å². The van der Waals surface area contributed by atoms with E-state index in [2.05, 4.69) is 10.0 Å². The highest BCUT2D eigenvalue weighted by atomic mass is 32.2. The molecule has 0 bridgehead atoms. The first kappa shape index (κ1) is 26.6. The van der Waals surface area contributed by atoms with Crippen LogP contribution in [0.2, 0.25) is 0 Å². The number of carbonyl (C=O) groups is 1. The quantitative estimate of drug-likeness (QED) is 0.464. The number of hydrogen-bond donors (Lipinski definition) is 2. The van der Waals surface area contributed by atoms with Crippen LogP contribution in [-0.4, -0.2) is 50.0 Å². The van der Waals surface area contributed by atoms with Crippen molar-refractivity contribution in [3.8, 4) is 5.75 Å². The van der Waals surface area contributed by atoms with E-state index < -0.39 is 20.0 Å². The number of rotatable bonds is 12. The van der Waals surface area contributed by atoms with Gasteiger partial charge in [-0.2, -0.15) is 0 Å². The Kier molecular flexibility index (Phi) is 9.26. The first-order valence-corrected chi connectivity index (χ1v) is 13.4. The van der Waals surface area contributed by atoms with Crippen LogP contribution in [0, 0.1) is 5.92 Å². The smallest absolute Gasteiger partial charge is 0.264 e. The van der Waals surface area contributed by atoms with Gasteiger partial charge in [-0.15, -0.1) is 0 Å². The van der Waals surface area contributed by atoms with Crippen LogP contribution >= 0.6 is 0 Å². The molecule has 0 saturated heterocycles. The molecule has 1 amide bonds. The fraction of sp³-hybridized carbons (Fsp3) is 0.409. The molecule has 0 fully saturated rings. The molecule has 33 heavy (non-hydrogen) atoms. The lowest BCUT2D eigenvalue weighted by Crippen LogP contribution is -2.32. The Hall–Kier alpha value is -2.63. The molecular formula is C22H31N3O6S2. The van der Waals surface area contributed by atoms with E-state index in [1.54, 1.807) is 18.2 Å². The normalized spacial score (nSPS) is 11.9. The van der Waals surface area contributed by atoms with Gasteiger partial charge in [0.2, 0.25) is 15.9 Å². The van der Waals surface area contributed by atoms with Gasteiger partial charge in [-0.3, -0.25) is 9.10 Å². The summed E-state index contributed by atoms with van der Waals surface area (Å²) in [5, 5.41) is 2.75. The van der Waals surface area contributed by atoms with Crippen LogP contribution in [0.3, 0.4) is 0 Å². The van der Waals surface area contributed by atoms with Gasteiger partial charge in [0.15, 0.2) is 0 Å². The summed E-state index contributed by atoms with van der Waals surface area (Å²) in [6.45, 7) is 4.54. The molecule has 0 aromatic heterocycles. The summed E-state index contributed by atoms with van der Waals surface area (Å²) in [6.07, 6.45) is 0.828. The van der Waals surface area contributed by atoms with E-state index in [4.69, 9.17) is 4.74 Å². The second-order valence-corrected chi connectivity index (χ2v) is 11.5. The molecule has 0 radical (unpaired) electrons. The number of hydrogen-bond acceptors (Lipinski definition) is 6. The molecule has 0 saturated carbocycles. The van der Waals surface area contributed by atoms with Crippen LogP contribution in [0.1, 0.15) is 26.7 Å². The molecule has 0 atom stereocenters. The maximum absolute atomic E-state index is 13.0. The molecule has 0 heterocycles. The van der Waals surface area contributed by atoms with Gasteiger partial charge in [-0.25, -0.2) is 21.6 Å². The second-order valence-electron chi connectivity index (χ2n) is 7.80. The molecule has 0 aliphatic carbocycles. The minimum atomic E-state index is -3.99. The van der Waals surface area contributed by atoms with Crippen molar-refractivity contribution in [2.45, 2.75) is 36.5 Å². The van der Waals surface area contributed by atoms with Crippen LogP contribution in [0.25, 0.3) is 0 Å². The minimum Gasteiger partial charge on any atom is -0.495 e. The van der Waals surface area contributed by atoms with Gasteiger partial charge in [-0.05, 0) is 42.7 Å². The molecule has 0 unspecified atom stereocenters. The topological polar surface area (TPSA) is 122 Å². The number of amides is 1. The summed E-state index contributed by atoms with van der Waals surface area (Å²) in [7, 11) is -5.24. The summed E-state index contributed by atoms with van der Waals surface area (Å²) in [4.78, 5) is 11.8. The number of sulfonamides is 2. The number of nitrogens with zero attached hydrogens (tertiary/aromatic N) is 1. The molecule has 2 aromatic rings. The van der Waals surface area contributed by atoms with Crippen LogP contribution in [0.5, 0.6) is 5.75 Å². The van der Waals surface area contributed by atoms with Crippen molar-refractivity contribution in [2.75, 3.05) is 31.6 Å². The highest BCUT2D eigenvalue weighted by Gasteiger charge is 2.26. The SMILES string of the molecule is COc1ccc(S(=O)(=O)NCCC(=O)NCCC(C)C)cc1N(C)S(=O)(=O)c1ccccc1. The molecular weight excluding hydrogens is 466 g/mol. The average molecular weight is 498 g/mol. The number of carbonyl (C=O) groups excluding carboxylic acids is 1. The molecule has 182 valence electrons. The molecule has 0 aliphatic rings. The molecule has 9 nitrogen and oxygen atoms in total. The molecule has 2 N–H and O–H groups in total. The maximum Gasteiger partial charge on any atom is 0.264 e. The zero-order valence-corrected chi connectivity index (χ0v) is 20.9. The monoisotopic (exact) mass is 497 g/mol. The third-order valence-corrected chi connectivity index (χ3v) is 8.13. The summed E-state index contributed by atoms with van der Waals surface area (Å²) >= 11 is 0. The zero-order chi connectivity index (χ0) is 24.6. The number of nitrogens with one attached hydrogen (secondary N) is 2. The van der Waals surface area contributed by atoms with Gasteiger partial charge in [0.25, 0.3) is 10.0 Å². The Bertz CT molecular complexity index is 1150. The first-order chi connectivity index (χ1) is 15.5. The van der Waals surface area contributed by atoms with Gasteiger partial charge in [0.1, 0.15) is 5.75 Å². The number of anilines is 1. The van der Waals surface area contributed by atoms with Crippen LogP contribution in [-0.2, 0) is 24.8 Å². The second kappa shape index (κ2) is 11.5. The summed E-state index contributed by atoms with van der Waals surface area (Å²) < 4.78 is 60.1. The van der Waals surface area contributed by atoms with Gasteiger partial charge in [0, 0.05) is 26.6 Å². The molecule has 0 spiro atoms. The summed E-state index contributed by atoms with van der Waals surface area (Å²) in [6, 6.07) is 11.7. The highest BCUT2D eigenvalue weighted by Crippen LogP contribution is 2.33.